The summed E-state index contributed by atoms with van der Waals surface area (Å²) in [6, 6.07) is 11.3. The highest BCUT2D eigenvalue weighted by atomic mass is 35.5. The van der Waals surface area contributed by atoms with Gasteiger partial charge in [0.1, 0.15) is 0 Å². The summed E-state index contributed by atoms with van der Waals surface area (Å²) in [5.74, 6) is -1.19. The van der Waals surface area contributed by atoms with Crippen LogP contribution in [-0.2, 0) is 4.79 Å². The molecule has 0 fully saturated rings. The quantitative estimate of drug-likeness (QED) is 0.851. The van der Waals surface area contributed by atoms with Crippen molar-refractivity contribution in [2.75, 3.05) is 6.79 Å². The lowest BCUT2D eigenvalue weighted by Gasteiger charge is -2.12. The first kappa shape index (κ1) is 15.9. The highest BCUT2D eigenvalue weighted by Gasteiger charge is 2.16. The Morgan fingerprint density at radius 3 is 2.46 bits per heavy atom. The molecule has 1 amide bonds. The van der Waals surface area contributed by atoms with E-state index >= 15 is 0 Å². The maximum atomic E-state index is 12.1. The first-order valence-electron chi connectivity index (χ1n) is 6.93. The Hall–Kier alpha value is -2.99. The molecule has 0 saturated carbocycles. The number of benzene rings is 2. The predicted molar refractivity (Wildman–Crippen MR) is 84.5 cm³/mol. The minimum atomic E-state index is -1.53. The van der Waals surface area contributed by atoms with Gasteiger partial charge < -0.3 is 24.7 Å². The standard InChI is InChI=1S/C17H12ClNO5/c18-12-8-15-14(23-9-24-15)7-11(12)6-13(17(21)22)19-16(20)10-4-2-1-3-5-10/h1-8H,9H2,(H,19,20)(H,21,22)/p-1. The van der Waals surface area contributed by atoms with E-state index in [4.69, 9.17) is 21.1 Å². The van der Waals surface area contributed by atoms with Crippen molar-refractivity contribution in [1.82, 2.24) is 5.32 Å². The second kappa shape index (κ2) is 6.64. The van der Waals surface area contributed by atoms with Gasteiger partial charge in [-0.05, 0) is 29.8 Å². The molecule has 6 nitrogen and oxygen atoms in total. The Bertz CT molecular complexity index is 832. The number of nitrogens with one attached hydrogen (secondary N) is 1. The molecule has 1 aliphatic rings. The van der Waals surface area contributed by atoms with Crippen molar-refractivity contribution in [1.29, 1.82) is 0 Å². The number of carbonyl (C=O) groups is 2. The molecule has 0 saturated heterocycles. The molecular weight excluding hydrogens is 334 g/mol. The fourth-order valence-electron chi connectivity index (χ4n) is 2.13. The van der Waals surface area contributed by atoms with E-state index in [1.165, 1.54) is 18.2 Å². The minimum Gasteiger partial charge on any atom is -0.543 e. The smallest absolute Gasteiger partial charge is 0.255 e. The summed E-state index contributed by atoms with van der Waals surface area (Å²) in [5, 5.41) is 13.9. The van der Waals surface area contributed by atoms with Crippen molar-refractivity contribution in [3.63, 3.8) is 0 Å². The van der Waals surface area contributed by atoms with Crippen LogP contribution in [0.25, 0.3) is 6.08 Å². The van der Waals surface area contributed by atoms with Gasteiger partial charge in [0.05, 0.1) is 16.7 Å². The third kappa shape index (κ3) is 3.33. The molecule has 0 atom stereocenters. The van der Waals surface area contributed by atoms with Gasteiger partial charge in [-0.25, -0.2) is 0 Å². The molecule has 1 N–H and O–H groups in total. The molecule has 0 radical (unpaired) electrons. The van der Waals surface area contributed by atoms with Gasteiger partial charge in [0.2, 0.25) is 6.79 Å². The van der Waals surface area contributed by atoms with Gasteiger partial charge in [0, 0.05) is 11.6 Å². The highest BCUT2D eigenvalue weighted by molar-refractivity contribution is 6.32. The number of carbonyl (C=O) groups excluding carboxylic acids is 2. The number of fused-ring (bicyclic) bond motifs is 1. The Kier molecular flexibility index (Phi) is 4.39. The molecule has 7 heteroatoms. The van der Waals surface area contributed by atoms with Gasteiger partial charge in [-0.2, -0.15) is 0 Å². The van der Waals surface area contributed by atoms with Gasteiger partial charge in [-0.1, -0.05) is 29.8 Å². The number of rotatable bonds is 4. The monoisotopic (exact) mass is 344 g/mol. The van der Waals surface area contributed by atoms with E-state index in [9.17, 15) is 14.7 Å². The summed E-state index contributed by atoms with van der Waals surface area (Å²) < 4.78 is 10.4. The van der Waals surface area contributed by atoms with Gasteiger partial charge in [0.25, 0.3) is 5.91 Å². The number of hydrogen-bond acceptors (Lipinski definition) is 5. The molecule has 122 valence electrons. The molecule has 1 heterocycles. The van der Waals surface area contributed by atoms with Crippen molar-refractivity contribution in [3.05, 3.63) is 64.3 Å². The largest absolute Gasteiger partial charge is 0.543 e. The van der Waals surface area contributed by atoms with Crippen LogP contribution in [0.1, 0.15) is 15.9 Å². The van der Waals surface area contributed by atoms with Crippen LogP contribution in [0.4, 0.5) is 0 Å². The van der Waals surface area contributed by atoms with Crippen molar-refractivity contribution < 1.29 is 24.2 Å². The van der Waals surface area contributed by atoms with E-state index in [0.717, 1.165) is 0 Å². The molecule has 0 bridgehead atoms. The zero-order valence-corrected chi connectivity index (χ0v) is 13.0. The second-order valence-electron chi connectivity index (χ2n) is 4.89. The number of hydrogen-bond donors (Lipinski definition) is 1. The zero-order valence-electron chi connectivity index (χ0n) is 12.2. The third-order valence-electron chi connectivity index (χ3n) is 3.30. The van der Waals surface area contributed by atoms with Crippen LogP contribution in [0.15, 0.2) is 48.2 Å². The van der Waals surface area contributed by atoms with Crippen molar-refractivity contribution in [2.24, 2.45) is 0 Å². The molecule has 0 aliphatic carbocycles. The van der Waals surface area contributed by atoms with Crippen LogP contribution in [0.5, 0.6) is 11.5 Å². The molecule has 2 aromatic rings. The van der Waals surface area contributed by atoms with Gasteiger partial charge in [-0.3, -0.25) is 4.79 Å². The topological polar surface area (TPSA) is 87.7 Å². The molecule has 0 spiro atoms. The predicted octanol–water partition coefficient (Wildman–Crippen LogP) is 1.59. The zero-order chi connectivity index (χ0) is 17.1. The van der Waals surface area contributed by atoms with E-state index in [1.54, 1.807) is 30.3 Å². The maximum Gasteiger partial charge on any atom is 0.255 e. The van der Waals surface area contributed by atoms with Crippen LogP contribution in [0, 0.1) is 0 Å². The lowest BCUT2D eigenvalue weighted by atomic mass is 10.1. The highest BCUT2D eigenvalue weighted by Crippen LogP contribution is 2.37. The summed E-state index contributed by atoms with van der Waals surface area (Å²) in [6.07, 6.45) is 1.21. The molecule has 3 rings (SSSR count). The summed E-state index contributed by atoms with van der Waals surface area (Å²) in [6.45, 7) is 0.0664. The SMILES string of the molecule is O=C([O-])C(=Cc1cc2c(cc1Cl)OCO2)NC(=O)c1ccccc1. The average molecular weight is 345 g/mol. The Morgan fingerprint density at radius 2 is 1.79 bits per heavy atom. The molecule has 24 heavy (non-hydrogen) atoms. The molecule has 2 aromatic carbocycles. The van der Waals surface area contributed by atoms with E-state index in [2.05, 4.69) is 5.32 Å². The van der Waals surface area contributed by atoms with E-state index in [0.29, 0.717) is 22.6 Å². The summed E-state index contributed by atoms with van der Waals surface area (Å²) >= 11 is 6.10. The fraction of sp³-hybridized carbons (Fsp3) is 0.0588. The van der Waals surface area contributed by atoms with Crippen LogP contribution in [-0.4, -0.2) is 18.7 Å². The Balaban J connectivity index is 1.90. The summed E-state index contributed by atoms with van der Waals surface area (Å²) in [5.41, 5.74) is 0.263. The Labute approximate surface area is 142 Å². The normalized spacial score (nSPS) is 12.8. The molecule has 0 aromatic heterocycles. The first-order chi connectivity index (χ1) is 11.5. The van der Waals surface area contributed by atoms with Crippen molar-refractivity contribution in [3.8, 4) is 11.5 Å². The van der Waals surface area contributed by atoms with E-state index < -0.39 is 17.6 Å². The number of amides is 1. The van der Waals surface area contributed by atoms with E-state index in [-0.39, 0.29) is 11.8 Å². The second-order valence-corrected chi connectivity index (χ2v) is 5.30. The Morgan fingerprint density at radius 1 is 1.12 bits per heavy atom. The van der Waals surface area contributed by atoms with E-state index in [1.807, 2.05) is 0 Å². The maximum absolute atomic E-state index is 12.1. The third-order valence-corrected chi connectivity index (χ3v) is 3.62. The summed E-state index contributed by atoms with van der Waals surface area (Å²) in [7, 11) is 0. The van der Waals surface area contributed by atoms with Crippen molar-refractivity contribution >= 4 is 29.6 Å². The van der Waals surface area contributed by atoms with Gasteiger partial charge in [0.15, 0.2) is 11.5 Å². The number of halogens is 1. The minimum absolute atomic E-state index is 0.0664. The average Bonchev–Trinajstić information content (AvgIpc) is 3.02. The molecular formula is C17H11ClNO5-. The number of ether oxygens (including phenoxy) is 2. The summed E-state index contributed by atoms with van der Waals surface area (Å²) in [4.78, 5) is 23.4. The van der Waals surface area contributed by atoms with Crippen LogP contribution in [0.3, 0.4) is 0 Å². The van der Waals surface area contributed by atoms with Crippen LogP contribution < -0.4 is 19.9 Å². The molecule has 1 aliphatic heterocycles. The van der Waals surface area contributed by atoms with Crippen molar-refractivity contribution in [2.45, 2.75) is 0 Å². The van der Waals surface area contributed by atoms with Crippen LogP contribution in [0.2, 0.25) is 5.02 Å². The lowest BCUT2D eigenvalue weighted by molar-refractivity contribution is -0.299. The van der Waals surface area contributed by atoms with Crippen LogP contribution >= 0.6 is 11.6 Å². The number of carboxylic acids is 1. The number of carboxylic acid groups (broad SMARTS) is 1. The first-order valence-corrected chi connectivity index (χ1v) is 7.31. The van der Waals surface area contributed by atoms with Gasteiger partial charge >= 0.3 is 0 Å². The van der Waals surface area contributed by atoms with Gasteiger partial charge in [-0.15, -0.1) is 0 Å². The fourth-order valence-corrected chi connectivity index (χ4v) is 2.34. The number of aliphatic carboxylic acids is 1. The molecule has 0 unspecified atom stereocenters. The lowest BCUT2D eigenvalue weighted by Crippen LogP contribution is -2.35.